The molecule has 2 aliphatic rings. The van der Waals surface area contributed by atoms with E-state index in [0.717, 1.165) is 0 Å². The molecule has 26 heavy (non-hydrogen) atoms. The van der Waals surface area contributed by atoms with E-state index in [-0.39, 0.29) is 42.6 Å². The number of carbonyl (C=O) groups excluding carboxylic acids is 3. The number of aromatic nitrogens is 1. The van der Waals surface area contributed by atoms with Gasteiger partial charge in [-0.1, -0.05) is 5.16 Å². The van der Waals surface area contributed by atoms with Gasteiger partial charge in [0, 0.05) is 50.6 Å². The van der Waals surface area contributed by atoms with Gasteiger partial charge in [-0.15, -0.1) is 0 Å². The van der Waals surface area contributed by atoms with Crippen LogP contribution in [-0.2, 0) is 14.4 Å². The Bertz CT molecular complexity index is 680. The van der Waals surface area contributed by atoms with Crippen LogP contribution < -0.4 is 10.6 Å². The SMILES string of the molecule is Cc1cc(NC(=O)CN2CCN(C(=O)[C@H]3CC(=O)N[C@H](C)C3)CC2)no1. The number of hydrogen-bond acceptors (Lipinski definition) is 6. The van der Waals surface area contributed by atoms with Gasteiger partial charge >= 0.3 is 0 Å². The average molecular weight is 363 g/mol. The first-order chi connectivity index (χ1) is 12.4. The molecule has 9 nitrogen and oxygen atoms in total. The first kappa shape index (κ1) is 18.4. The van der Waals surface area contributed by atoms with Gasteiger partial charge in [-0.25, -0.2) is 0 Å². The highest BCUT2D eigenvalue weighted by Crippen LogP contribution is 2.20. The third-order valence-corrected chi connectivity index (χ3v) is 4.77. The van der Waals surface area contributed by atoms with Crippen molar-refractivity contribution in [3.8, 4) is 0 Å². The largest absolute Gasteiger partial charge is 0.360 e. The Morgan fingerprint density at radius 3 is 2.69 bits per heavy atom. The lowest BCUT2D eigenvalue weighted by molar-refractivity contribution is -0.142. The van der Waals surface area contributed by atoms with Gasteiger partial charge in [0.15, 0.2) is 5.82 Å². The quantitative estimate of drug-likeness (QED) is 0.778. The summed E-state index contributed by atoms with van der Waals surface area (Å²) in [7, 11) is 0. The van der Waals surface area contributed by atoms with Crippen LogP contribution in [0.1, 0.15) is 25.5 Å². The van der Waals surface area contributed by atoms with Gasteiger partial charge in [0.25, 0.3) is 0 Å². The summed E-state index contributed by atoms with van der Waals surface area (Å²) in [5.41, 5.74) is 0. The van der Waals surface area contributed by atoms with Crippen molar-refractivity contribution in [1.82, 2.24) is 20.3 Å². The molecule has 0 spiro atoms. The van der Waals surface area contributed by atoms with E-state index in [9.17, 15) is 14.4 Å². The molecule has 2 N–H and O–H groups in total. The molecule has 0 radical (unpaired) electrons. The molecule has 3 rings (SSSR count). The number of piperazine rings is 1. The third kappa shape index (κ3) is 4.60. The molecule has 3 amide bonds. The third-order valence-electron chi connectivity index (χ3n) is 4.77. The summed E-state index contributed by atoms with van der Waals surface area (Å²) in [6.07, 6.45) is 0.952. The van der Waals surface area contributed by atoms with Crippen LogP contribution in [0.25, 0.3) is 0 Å². The van der Waals surface area contributed by atoms with Crippen LogP contribution in [0.15, 0.2) is 10.6 Å². The lowest BCUT2D eigenvalue weighted by Gasteiger charge is -2.37. The number of nitrogens with one attached hydrogen (secondary N) is 2. The standard InChI is InChI=1S/C17H25N5O4/c1-11-7-13(9-15(23)18-11)17(25)22-5-3-21(4-6-22)10-16(24)19-14-8-12(2)26-20-14/h8,11,13H,3-7,9-10H2,1-2H3,(H,18,23)(H,19,20,24)/t11-,13-/m1/s1. The highest BCUT2D eigenvalue weighted by Gasteiger charge is 2.33. The van der Waals surface area contributed by atoms with Gasteiger partial charge in [-0.3, -0.25) is 19.3 Å². The Hall–Kier alpha value is -2.42. The average Bonchev–Trinajstić information content (AvgIpc) is 2.98. The molecule has 0 aliphatic carbocycles. The second-order valence-corrected chi connectivity index (χ2v) is 7.08. The van der Waals surface area contributed by atoms with E-state index in [1.165, 1.54) is 0 Å². The molecule has 2 fully saturated rings. The number of amides is 3. The Morgan fingerprint density at radius 1 is 1.35 bits per heavy atom. The normalized spacial score (nSPS) is 24.2. The Morgan fingerprint density at radius 2 is 2.08 bits per heavy atom. The van der Waals surface area contributed by atoms with Crippen molar-refractivity contribution < 1.29 is 18.9 Å². The predicted octanol–water partition coefficient (Wildman–Crippen LogP) is -0.0196. The van der Waals surface area contributed by atoms with E-state index in [0.29, 0.717) is 44.2 Å². The van der Waals surface area contributed by atoms with E-state index in [1.54, 1.807) is 13.0 Å². The molecule has 0 saturated carbocycles. The molecule has 2 aliphatic heterocycles. The Balaban J connectivity index is 1.44. The van der Waals surface area contributed by atoms with Crippen molar-refractivity contribution in [2.24, 2.45) is 5.92 Å². The minimum atomic E-state index is -0.232. The first-order valence-electron chi connectivity index (χ1n) is 8.94. The van der Waals surface area contributed by atoms with Crippen LogP contribution in [0.4, 0.5) is 5.82 Å². The van der Waals surface area contributed by atoms with Crippen molar-refractivity contribution >= 4 is 23.5 Å². The van der Waals surface area contributed by atoms with E-state index in [1.807, 2.05) is 16.7 Å². The molecule has 0 unspecified atom stereocenters. The fourth-order valence-electron chi connectivity index (χ4n) is 3.51. The van der Waals surface area contributed by atoms with Crippen molar-refractivity contribution in [3.05, 3.63) is 11.8 Å². The molecule has 9 heteroatoms. The molecular weight excluding hydrogens is 338 g/mol. The van der Waals surface area contributed by atoms with Crippen LogP contribution >= 0.6 is 0 Å². The molecule has 1 aromatic rings. The summed E-state index contributed by atoms with van der Waals surface area (Å²) in [5, 5.41) is 9.28. The number of anilines is 1. The number of aryl methyl sites for hydroxylation is 1. The number of piperidine rings is 1. The van der Waals surface area contributed by atoms with Gasteiger partial charge in [0.2, 0.25) is 17.7 Å². The summed E-state index contributed by atoms with van der Waals surface area (Å²) in [5.74, 6) is 0.651. The number of hydrogen-bond donors (Lipinski definition) is 2. The van der Waals surface area contributed by atoms with Crippen molar-refractivity contribution in [3.63, 3.8) is 0 Å². The van der Waals surface area contributed by atoms with E-state index < -0.39 is 0 Å². The highest BCUT2D eigenvalue weighted by molar-refractivity contribution is 5.91. The summed E-state index contributed by atoms with van der Waals surface area (Å²) in [4.78, 5) is 40.2. The fraction of sp³-hybridized carbons (Fsp3) is 0.647. The van der Waals surface area contributed by atoms with E-state index in [4.69, 9.17) is 4.52 Å². The zero-order chi connectivity index (χ0) is 18.7. The predicted molar refractivity (Wildman–Crippen MR) is 93.2 cm³/mol. The minimum Gasteiger partial charge on any atom is -0.360 e. The molecule has 0 aromatic carbocycles. The van der Waals surface area contributed by atoms with E-state index >= 15 is 0 Å². The topological polar surface area (TPSA) is 108 Å². The zero-order valence-electron chi connectivity index (χ0n) is 15.2. The number of nitrogens with zero attached hydrogens (tertiary/aromatic N) is 3. The maximum atomic E-state index is 12.6. The van der Waals surface area contributed by atoms with E-state index in [2.05, 4.69) is 15.8 Å². The van der Waals surface area contributed by atoms with Gasteiger partial charge in [0.1, 0.15) is 5.76 Å². The summed E-state index contributed by atoms with van der Waals surface area (Å²) in [6.45, 7) is 6.33. The fourth-order valence-corrected chi connectivity index (χ4v) is 3.51. The Kier molecular flexibility index (Phi) is 5.55. The maximum Gasteiger partial charge on any atom is 0.239 e. The van der Waals surface area contributed by atoms with Crippen molar-refractivity contribution in [2.75, 3.05) is 38.0 Å². The van der Waals surface area contributed by atoms with Gasteiger partial charge < -0.3 is 20.1 Å². The lowest BCUT2D eigenvalue weighted by Crippen LogP contribution is -2.53. The van der Waals surface area contributed by atoms with Crippen molar-refractivity contribution in [1.29, 1.82) is 0 Å². The molecule has 2 saturated heterocycles. The molecule has 0 bridgehead atoms. The van der Waals surface area contributed by atoms with Gasteiger partial charge in [-0.05, 0) is 20.3 Å². The van der Waals surface area contributed by atoms with Crippen LogP contribution in [0.2, 0.25) is 0 Å². The van der Waals surface area contributed by atoms with Gasteiger partial charge in [-0.2, -0.15) is 0 Å². The highest BCUT2D eigenvalue weighted by atomic mass is 16.5. The smallest absolute Gasteiger partial charge is 0.239 e. The summed E-state index contributed by atoms with van der Waals surface area (Å²) < 4.78 is 4.92. The van der Waals surface area contributed by atoms with Crippen LogP contribution in [-0.4, -0.2) is 71.4 Å². The molecule has 2 atom stereocenters. The first-order valence-corrected chi connectivity index (χ1v) is 8.94. The van der Waals surface area contributed by atoms with Crippen molar-refractivity contribution in [2.45, 2.75) is 32.7 Å². The number of carbonyl (C=O) groups is 3. The molecule has 3 heterocycles. The summed E-state index contributed by atoms with van der Waals surface area (Å²) in [6, 6.07) is 1.70. The second-order valence-electron chi connectivity index (χ2n) is 7.08. The lowest BCUT2D eigenvalue weighted by atomic mass is 9.91. The van der Waals surface area contributed by atoms with Crippen LogP contribution in [0, 0.1) is 12.8 Å². The van der Waals surface area contributed by atoms with Crippen LogP contribution in [0.5, 0.6) is 0 Å². The van der Waals surface area contributed by atoms with Gasteiger partial charge in [0.05, 0.1) is 6.54 Å². The summed E-state index contributed by atoms with van der Waals surface area (Å²) >= 11 is 0. The molecule has 142 valence electrons. The monoisotopic (exact) mass is 363 g/mol. The Labute approximate surface area is 152 Å². The zero-order valence-corrected chi connectivity index (χ0v) is 15.2. The second kappa shape index (κ2) is 7.86. The molecule has 1 aromatic heterocycles. The van der Waals surface area contributed by atoms with Crippen LogP contribution in [0.3, 0.4) is 0 Å². The number of rotatable bonds is 4. The molecular formula is C17H25N5O4. The minimum absolute atomic E-state index is 0.0374. The maximum absolute atomic E-state index is 12.6.